The van der Waals surface area contributed by atoms with Crippen LogP contribution >= 0.6 is 0 Å². The third-order valence-corrected chi connectivity index (χ3v) is 3.67. The van der Waals surface area contributed by atoms with E-state index >= 15 is 0 Å². The maximum Gasteiger partial charge on any atom is 0.0125 e. The Morgan fingerprint density at radius 2 is 1.47 bits per heavy atom. The molecule has 1 nitrogen and oxygen atoms in total. The third kappa shape index (κ3) is 10.4. The van der Waals surface area contributed by atoms with Gasteiger partial charge in [-0.25, -0.2) is 0 Å². The van der Waals surface area contributed by atoms with Gasteiger partial charge in [-0.05, 0) is 45.1 Å². The second-order valence-corrected chi connectivity index (χ2v) is 5.64. The van der Waals surface area contributed by atoms with Crippen LogP contribution < -0.4 is 5.32 Å². The van der Waals surface area contributed by atoms with Crippen LogP contribution in [0.3, 0.4) is 0 Å². The van der Waals surface area contributed by atoms with E-state index in [9.17, 15) is 0 Å². The van der Waals surface area contributed by atoms with Crippen molar-refractivity contribution in [3.63, 3.8) is 0 Å². The molecule has 0 aliphatic carbocycles. The van der Waals surface area contributed by atoms with Crippen molar-refractivity contribution in [1.29, 1.82) is 0 Å². The summed E-state index contributed by atoms with van der Waals surface area (Å²) in [6.07, 6.45) is 15.7. The average Bonchev–Trinajstić information content (AvgIpc) is 2.29. The first-order chi connectivity index (χ1) is 8.10. The third-order valence-electron chi connectivity index (χ3n) is 3.67. The highest BCUT2D eigenvalue weighted by atomic mass is 14.8. The number of hydrogen-bond acceptors (Lipinski definition) is 1. The first-order valence-corrected chi connectivity index (χ1v) is 7.17. The van der Waals surface area contributed by atoms with Crippen molar-refractivity contribution in [2.24, 2.45) is 11.8 Å². The van der Waals surface area contributed by atoms with E-state index in [1.54, 1.807) is 0 Å². The molecule has 3 unspecified atom stereocenters. The summed E-state index contributed by atoms with van der Waals surface area (Å²) in [7, 11) is 2.04. The summed E-state index contributed by atoms with van der Waals surface area (Å²) in [5.74, 6) is 4.00. The standard InChI is InChI=1S/C16H30N/c1-6-9-14(2)10-7-11-15(3)12-8-13-16(4)17-5/h14-17H,7-13H2,2-5H3. The van der Waals surface area contributed by atoms with Gasteiger partial charge in [-0.1, -0.05) is 45.5 Å². The van der Waals surface area contributed by atoms with Gasteiger partial charge in [-0.2, -0.15) is 0 Å². The van der Waals surface area contributed by atoms with Crippen LogP contribution in [0.4, 0.5) is 0 Å². The normalized spacial score (nSPS) is 16.2. The van der Waals surface area contributed by atoms with Crippen molar-refractivity contribution in [2.45, 2.75) is 71.8 Å². The Bertz CT molecular complexity index is 204. The molecule has 0 aromatic rings. The summed E-state index contributed by atoms with van der Waals surface area (Å²) in [6.45, 7) is 6.85. The lowest BCUT2D eigenvalue weighted by Crippen LogP contribution is -2.20. The maximum absolute atomic E-state index is 6.95. The molecule has 0 fully saturated rings. The fourth-order valence-corrected chi connectivity index (χ4v) is 2.15. The second kappa shape index (κ2) is 10.7. The lowest BCUT2D eigenvalue weighted by molar-refractivity contribution is 0.403. The van der Waals surface area contributed by atoms with Gasteiger partial charge >= 0.3 is 0 Å². The molecule has 1 heteroatoms. The van der Waals surface area contributed by atoms with Gasteiger partial charge in [0, 0.05) is 12.5 Å². The molecular formula is C16H30N. The van der Waals surface area contributed by atoms with E-state index in [1.165, 1.54) is 38.5 Å². The SMILES string of the molecule is [C]#CCC(C)CCCC(C)CCCC(C)NC. The first kappa shape index (κ1) is 16.5. The second-order valence-electron chi connectivity index (χ2n) is 5.64. The van der Waals surface area contributed by atoms with Gasteiger partial charge in [0.2, 0.25) is 0 Å². The Labute approximate surface area is 109 Å². The molecule has 0 rings (SSSR count). The van der Waals surface area contributed by atoms with Crippen LogP contribution in [0, 0.1) is 24.2 Å². The van der Waals surface area contributed by atoms with E-state index in [1.807, 2.05) is 7.05 Å². The quantitative estimate of drug-likeness (QED) is 0.561. The Kier molecular flexibility index (Phi) is 10.4. The molecule has 0 saturated heterocycles. The van der Waals surface area contributed by atoms with Crippen molar-refractivity contribution in [3.05, 3.63) is 6.42 Å². The molecule has 0 aliphatic rings. The van der Waals surface area contributed by atoms with Gasteiger partial charge in [-0.3, -0.25) is 0 Å². The maximum atomic E-state index is 6.95. The highest BCUT2D eigenvalue weighted by molar-refractivity contribution is 4.78. The van der Waals surface area contributed by atoms with Crippen molar-refractivity contribution in [2.75, 3.05) is 7.05 Å². The van der Waals surface area contributed by atoms with Crippen molar-refractivity contribution < 1.29 is 0 Å². The monoisotopic (exact) mass is 236 g/mol. The summed E-state index contributed by atoms with van der Waals surface area (Å²) in [5, 5.41) is 3.29. The molecular weight excluding hydrogens is 206 g/mol. The smallest absolute Gasteiger partial charge is 0.0125 e. The van der Waals surface area contributed by atoms with Crippen LogP contribution in [0.2, 0.25) is 0 Å². The Morgan fingerprint density at radius 3 is 2.00 bits per heavy atom. The fourth-order valence-electron chi connectivity index (χ4n) is 2.15. The first-order valence-electron chi connectivity index (χ1n) is 7.17. The molecule has 0 aliphatic heterocycles. The summed E-state index contributed by atoms with van der Waals surface area (Å²) < 4.78 is 0. The molecule has 0 aromatic carbocycles. The van der Waals surface area contributed by atoms with Gasteiger partial charge in [0.05, 0.1) is 0 Å². The fraction of sp³-hybridized carbons (Fsp3) is 0.875. The number of nitrogens with one attached hydrogen (secondary N) is 1. The zero-order chi connectivity index (χ0) is 13.1. The van der Waals surface area contributed by atoms with Gasteiger partial charge < -0.3 is 5.32 Å². The molecule has 0 bridgehead atoms. The van der Waals surface area contributed by atoms with Crippen molar-refractivity contribution in [1.82, 2.24) is 5.32 Å². The average molecular weight is 236 g/mol. The van der Waals surface area contributed by atoms with Crippen LogP contribution in [0.5, 0.6) is 0 Å². The van der Waals surface area contributed by atoms with Crippen LogP contribution in [-0.4, -0.2) is 13.1 Å². The van der Waals surface area contributed by atoms with Gasteiger partial charge in [-0.15, -0.1) is 0 Å². The molecule has 0 amide bonds. The molecule has 17 heavy (non-hydrogen) atoms. The summed E-state index contributed by atoms with van der Waals surface area (Å²) in [5.41, 5.74) is 0. The van der Waals surface area contributed by atoms with E-state index in [-0.39, 0.29) is 0 Å². The Morgan fingerprint density at radius 1 is 0.941 bits per heavy atom. The highest BCUT2D eigenvalue weighted by Gasteiger charge is 2.06. The summed E-state index contributed by atoms with van der Waals surface area (Å²) >= 11 is 0. The van der Waals surface area contributed by atoms with E-state index in [0.717, 1.165) is 12.3 Å². The zero-order valence-electron chi connectivity index (χ0n) is 12.2. The molecule has 1 radical (unpaired) electrons. The van der Waals surface area contributed by atoms with Gasteiger partial charge in [0.1, 0.15) is 0 Å². The summed E-state index contributed by atoms with van der Waals surface area (Å²) in [6, 6.07) is 0.658. The van der Waals surface area contributed by atoms with Crippen molar-refractivity contribution in [3.8, 4) is 5.92 Å². The minimum absolute atomic E-state index is 0.643. The minimum atomic E-state index is 0.643. The molecule has 0 heterocycles. The molecule has 99 valence electrons. The highest BCUT2D eigenvalue weighted by Crippen LogP contribution is 2.19. The lowest BCUT2D eigenvalue weighted by atomic mass is 9.93. The van der Waals surface area contributed by atoms with E-state index in [4.69, 9.17) is 6.42 Å². The van der Waals surface area contributed by atoms with E-state index in [2.05, 4.69) is 32.0 Å². The molecule has 1 N–H and O–H groups in total. The minimum Gasteiger partial charge on any atom is -0.317 e. The molecule has 0 spiro atoms. The zero-order valence-corrected chi connectivity index (χ0v) is 12.2. The Balaban J connectivity index is 3.41. The number of hydrogen-bond donors (Lipinski definition) is 1. The summed E-state index contributed by atoms with van der Waals surface area (Å²) in [4.78, 5) is 0. The van der Waals surface area contributed by atoms with E-state index in [0.29, 0.717) is 12.0 Å². The van der Waals surface area contributed by atoms with Crippen LogP contribution in [0.1, 0.15) is 65.7 Å². The largest absolute Gasteiger partial charge is 0.317 e. The lowest BCUT2D eigenvalue weighted by Gasteiger charge is -2.14. The topological polar surface area (TPSA) is 12.0 Å². The molecule has 0 aromatic heterocycles. The predicted octanol–water partition coefficient (Wildman–Crippen LogP) is 4.19. The van der Waals surface area contributed by atoms with Crippen LogP contribution in [-0.2, 0) is 0 Å². The van der Waals surface area contributed by atoms with Crippen LogP contribution in [0.25, 0.3) is 0 Å². The predicted molar refractivity (Wildman–Crippen MR) is 76.3 cm³/mol. The molecule has 0 saturated carbocycles. The van der Waals surface area contributed by atoms with E-state index < -0.39 is 0 Å². The van der Waals surface area contributed by atoms with Crippen LogP contribution in [0.15, 0.2) is 0 Å². The van der Waals surface area contributed by atoms with Gasteiger partial charge in [0.15, 0.2) is 0 Å². The van der Waals surface area contributed by atoms with Gasteiger partial charge in [0.25, 0.3) is 0 Å². The van der Waals surface area contributed by atoms with Crippen molar-refractivity contribution >= 4 is 0 Å². The number of rotatable bonds is 10. The molecule has 3 atom stereocenters. The Hall–Kier alpha value is -0.480.